The highest BCUT2D eigenvalue weighted by Gasteiger charge is 2.44. The molecule has 0 bridgehead atoms. The Labute approximate surface area is 233 Å². The summed E-state index contributed by atoms with van der Waals surface area (Å²) in [5, 5.41) is 6.12. The number of carbonyl (C=O) groups excluding carboxylic acids is 4. The first-order chi connectivity index (χ1) is 18.7. The standard InChI is InChI=1S/C28H35ClN4O6/c1-3-19-8-10-21(11-9-19)32-27(37)39-18-28(26(36)31-17-20-6-4-5-7-22(20)29)12-14-33(15-13-28)25(35)23(30)16-24(34)38-2/h4-11,23H,3,12-18,30H2,1-2H3,(H,31,36)(H,32,37)/t23-/m0/s1. The van der Waals surface area contributed by atoms with Gasteiger partial charge in [-0.3, -0.25) is 19.7 Å². The zero-order chi connectivity index (χ0) is 28.4. The Morgan fingerprint density at radius 2 is 1.74 bits per heavy atom. The molecule has 11 heteroatoms. The van der Waals surface area contributed by atoms with Gasteiger partial charge < -0.3 is 25.4 Å². The van der Waals surface area contributed by atoms with Crippen molar-refractivity contribution < 1.29 is 28.7 Å². The number of hydrogen-bond acceptors (Lipinski definition) is 7. The van der Waals surface area contributed by atoms with E-state index in [1.165, 1.54) is 12.0 Å². The summed E-state index contributed by atoms with van der Waals surface area (Å²) in [6.07, 6.45) is 0.422. The molecule has 0 spiro atoms. The van der Waals surface area contributed by atoms with Gasteiger partial charge in [0.2, 0.25) is 11.8 Å². The first-order valence-corrected chi connectivity index (χ1v) is 13.2. The normalized spacial score (nSPS) is 15.1. The number of hydrogen-bond donors (Lipinski definition) is 3. The van der Waals surface area contributed by atoms with E-state index in [2.05, 4.69) is 15.4 Å². The second kappa shape index (κ2) is 14.0. The maximum absolute atomic E-state index is 13.5. The Morgan fingerprint density at radius 3 is 2.36 bits per heavy atom. The van der Waals surface area contributed by atoms with E-state index in [1.54, 1.807) is 24.3 Å². The topological polar surface area (TPSA) is 140 Å². The number of aryl methyl sites for hydroxylation is 1. The molecule has 210 valence electrons. The van der Waals surface area contributed by atoms with Gasteiger partial charge in [0.05, 0.1) is 25.0 Å². The molecule has 0 aliphatic carbocycles. The van der Waals surface area contributed by atoms with Crippen molar-refractivity contribution in [1.29, 1.82) is 0 Å². The number of ether oxygens (including phenoxy) is 2. The molecule has 3 rings (SSSR count). The predicted molar refractivity (Wildman–Crippen MR) is 147 cm³/mol. The van der Waals surface area contributed by atoms with E-state index in [-0.39, 0.29) is 51.4 Å². The third kappa shape index (κ3) is 8.18. The highest BCUT2D eigenvalue weighted by molar-refractivity contribution is 6.31. The quantitative estimate of drug-likeness (QED) is 0.380. The minimum Gasteiger partial charge on any atom is -0.469 e. The molecular formula is C28H35ClN4O6. The second-order valence-electron chi connectivity index (χ2n) is 9.52. The van der Waals surface area contributed by atoms with Crippen LogP contribution in [-0.2, 0) is 36.8 Å². The van der Waals surface area contributed by atoms with Crippen LogP contribution in [0.3, 0.4) is 0 Å². The third-order valence-corrected chi connectivity index (χ3v) is 7.30. The maximum atomic E-state index is 13.5. The minimum atomic E-state index is -1.08. The van der Waals surface area contributed by atoms with Crippen molar-refractivity contribution in [2.75, 3.05) is 32.1 Å². The number of carbonyl (C=O) groups is 4. The molecule has 10 nitrogen and oxygen atoms in total. The van der Waals surface area contributed by atoms with Crippen molar-refractivity contribution in [1.82, 2.24) is 10.2 Å². The molecule has 0 saturated carbocycles. The number of halogens is 1. The van der Waals surface area contributed by atoms with E-state index in [4.69, 9.17) is 22.1 Å². The fourth-order valence-corrected chi connectivity index (χ4v) is 4.57. The largest absolute Gasteiger partial charge is 0.469 e. The van der Waals surface area contributed by atoms with Gasteiger partial charge in [-0.05, 0) is 48.6 Å². The van der Waals surface area contributed by atoms with Crippen LogP contribution in [0.1, 0.15) is 37.3 Å². The van der Waals surface area contributed by atoms with E-state index >= 15 is 0 Å². The highest BCUT2D eigenvalue weighted by Crippen LogP contribution is 2.33. The van der Waals surface area contributed by atoms with Gasteiger partial charge in [-0.25, -0.2) is 4.79 Å². The lowest BCUT2D eigenvalue weighted by Gasteiger charge is -2.40. The zero-order valence-electron chi connectivity index (χ0n) is 22.2. The molecule has 0 aromatic heterocycles. The van der Waals surface area contributed by atoms with E-state index in [1.807, 2.05) is 31.2 Å². The second-order valence-corrected chi connectivity index (χ2v) is 9.93. The first kappa shape index (κ1) is 29.9. The average Bonchev–Trinajstić information content (AvgIpc) is 2.95. The highest BCUT2D eigenvalue weighted by atomic mass is 35.5. The van der Waals surface area contributed by atoms with E-state index in [9.17, 15) is 19.2 Å². The molecule has 1 atom stereocenters. The molecule has 1 saturated heterocycles. The molecule has 1 aliphatic rings. The Bertz CT molecular complexity index is 1160. The Kier molecular flexibility index (Phi) is 10.7. The van der Waals surface area contributed by atoms with Gasteiger partial charge in [-0.15, -0.1) is 0 Å². The molecule has 1 aliphatic heterocycles. The van der Waals surface area contributed by atoms with Crippen LogP contribution in [-0.4, -0.2) is 61.6 Å². The summed E-state index contributed by atoms with van der Waals surface area (Å²) < 4.78 is 10.1. The number of likely N-dealkylation sites (tertiary alicyclic amines) is 1. The number of methoxy groups -OCH3 is 1. The summed E-state index contributed by atoms with van der Waals surface area (Å²) in [5.74, 6) is -1.29. The third-order valence-electron chi connectivity index (χ3n) is 6.93. The SMILES string of the molecule is CCc1ccc(NC(=O)OCC2(C(=O)NCc3ccccc3Cl)CCN(C(=O)[C@@H](N)CC(=O)OC)CC2)cc1. The predicted octanol–water partition coefficient (Wildman–Crippen LogP) is 3.27. The van der Waals surface area contributed by atoms with Crippen LogP contribution in [0.4, 0.5) is 10.5 Å². The monoisotopic (exact) mass is 558 g/mol. The van der Waals surface area contributed by atoms with Crippen molar-refractivity contribution in [2.45, 2.75) is 45.2 Å². The molecule has 1 fully saturated rings. The van der Waals surface area contributed by atoms with Crippen molar-refractivity contribution in [2.24, 2.45) is 11.1 Å². The van der Waals surface area contributed by atoms with Gasteiger partial charge in [0.25, 0.3) is 0 Å². The van der Waals surface area contributed by atoms with Crippen molar-refractivity contribution in [3.63, 3.8) is 0 Å². The lowest BCUT2D eigenvalue weighted by atomic mass is 9.78. The average molecular weight is 559 g/mol. The summed E-state index contributed by atoms with van der Waals surface area (Å²) in [5.41, 5.74) is 7.29. The lowest BCUT2D eigenvalue weighted by molar-refractivity contribution is -0.147. The minimum absolute atomic E-state index is 0.184. The van der Waals surface area contributed by atoms with Crippen LogP contribution in [0.2, 0.25) is 5.02 Å². The lowest BCUT2D eigenvalue weighted by Crippen LogP contribution is -2.55. The van der Waals surface area contributed by atoms with Crippen LogP contribution in [0.15, 0.2) is 48.5 Å². The number of nitrogens with one attached hydrogen (secondary N) is 2. The van der Waals surface area contributed by atoms with Crippen molar-refractivity contribution in [3.8, 4) is 0 Å². The zero-order valence-corrected chi connectivity index (χ0v) is 23.0. The number of nitrogens with zero attached hydrogens (tertiary/aromatic N) is 1. The van der Waals surface area contributed by atoms with Crippen molar-refractivity contribution >= 4 is 41.2 Å². The Hall–Kier alpha value is -3.63. The number of benzene rings is 2. The summed E-state index contributed by atoms with van der Waals surface area (Å²) in [6, 6.07) is 13.5. The van der Waals surface area contributed by atoms with Gasteiger partial charge in [-0.2, -0.15) is 0 Å². The van der Waals surface area contributed by atoms with E-state index in [0.717, 1.165) is 17.5 Å². The Balaban J connectivity index is 1.67. The molecule has 39 heavy (non-hydrogen) atoms. The van der Waals surface area contributed by atoms with E-state index in [0.29, 0.717) is 10.7 Å². The number of anilines is 1. The number of amides is 3. The molecule has 4 N–H and O–H groups in total. The molecular weight excluding hydrogens is 524 g/mol. The summed E-state index contributed by atoms with van der Waals surface area (Å²) in [6.45, 7) is 2.46. The molecule has 0 unspecified atom stereocenters. The van der Waals surface area contributed by atoms with E-state index < -0.39 is 29.4 Å². The number of rotatable bonds is 10. The van der Waals surface area contributed by atoms with Gasteiger partial charge in [0.15, 0.2) is 0 Å². The molecule has 0 radical (unpaired) electrons. The fourth-order valence-electron chi connectivity index (χ4n) is 4.36. The van der Waals surface area contributed by atoms with Gasteiger partial charge in [0, 0.05) is 30.3 Å². The summed E-state index contributed by atoms with van der Waals surface area (Å²) >= 11 is 6.24. The summed E-state index contributed by atoms with van der Waals surface area (Å²) in [7, 11) is 1.23. The maximum Gasteiger partial charge on any atom is 0.411 e. The number of esters is 1. The molecule has 2 aromatic carbocycles. The van der Waals surface area contributed by atoms with Crippen LogP contribution in [0.5, 0.6) is 0 Å². The fraction of sp³-hybridized carbons (Fsp3) is 0.429. The van der Waals surface area contributed by atoms with Crippen LogP contribution < -0.4 is 16.4 Å². The van der Waals surface area contributed by atoms with Gasteiger partial charge >= 0.3 is 12.1 Å². The van der Waals surface area contributed by atoms with Crippen LogP contribution in [0.25, 0.3) is 0 Å². The van der Waals surface area contributed by atoms with Crippen LogP contribution in [0, 0.1) is 5.41 Å². The van der Waals surface area contributed by atoms with Crippen LogP contribution >= 0.6 is 11.6 Å². The molecule has 3 amide bonds. The smallest absolute Gasteiger partial charge is 0.411 e. The van der Waals surface area contributed by atoms with Gasteiger partial charge in [0.1, 0.15) is 6.61 Å². The van der Waals surface area contributed by atoms with Crippen molar-refractivity contribution in [3.05, 3.63) is 64.7 Å². The summed E-state index contributed by atoms with van der Waals surface area (Å²) in [4.78, 5) is 51.9. The van der Waals surface area contributed by atoms with Gasteiger partial charge in [-0.1, -0.05) is 48.9 Å². The number of nitrogens with two attached hydrogens (primary N) is 1. The Morgan fingerprint density at radius 1 is 1.08 bits per heavy atom. The molecule has 2 aromatic rings. The first-order valence-electron chi connectivity index (χ1n) is 12.8. The molecule has 1 heterocycles. The number of piperidine rings is 1.